The van der Waals surface area contributed by atoms with E-state index in [4.69, 9.17) is 20.8 Å². The number of ether oxygens (including phenoxy) is 1. The number of nitrogens with one attached hydrogen (secondary N) is 1. The first-order valence-corrected chi connectivity index (χ1v) is 9.99. The molecule has 0 aliphatic carbocycles. The van der Waals surface area contributed by atoms with Crippen molar-refractivity contribution in [3.63, 3.8) is 0 Å². The van der Waals surface area contributed by atoms with Gasteiger partial charge in [-0.2, -0.15) is 5.10 Å². The fraction of sp³-hybridized carbons (Fsp3) is 0.208. The number of methoxy groups -OCH3 is 1. The third kappa shape index (κ3) is 5.41. The number of amides is 1. The van der Waals surface area contributed by atoms with Crippen LogP contribution in [-0.4, -0.2) is 25.2 Å². The Bertz CT molecular complexity index is 1130. The van der Waals surface area contributed by atoms with Gasteiger partial charge in [0, 0.05) is 11.1 Å². The van der Waals surface area contributed by atoms with Gasteiger partial charge in [-0.3, -0.25) is 4.79 Å². The molecule has 0 aliphatic rings. The summed E-state index contributed by atoms with van der Waals surface area (Å²) in [6.45, 7) is 6.35. The van der Waals surface area contributed by atoms with Crippen molar-refractivity contribution in [1.29, 1.82) is 0 Å². The summed E-state index contributed by atoms with van der Waals surface area (Å²) < 4.78 is 10.5. The normalized spacial score (nSPS) is 11.5. The lowest BCUT2D eigenvalue weighted by Gasteiger charge is -2.18. The Kier molecular flexibility index (Phi) is 6.61. The summed E-state index contributed by atoms with van der Waals surface area (Å²) in [5, 5.41) is 4.25. The molecule has 3 rings (SSSR count). The van der Waals surface area contributed by atoms with E-state index >= 15 is 0 Å². The predicted octanol–water partition coefficient (Wildman–Crippen LogP) is 5.45. The molecule has 0 saturated heterocycles. The van der Waals surface area contributed by atoms with E-state index in [0.717, 1.165) is 5.56 Å². The summed E-state index contributed by atoms with van der Waals surface area (Å²) in [5.74, 6) is 0.114. The zero-order valence-electron chi connectivity index (χ0n) is 17.7. The Morgan fingerprint density at radius 2 is 1.77 bits per heavy atom. The molecule has 1 N–H and O–H groups in total. The minimum Gasteiger partial charge on any atom is -0.465 e. The number of esters is 1. The van der Waals surface area contributed by atoms with Gasteiger partial charge in [0.25, 0.3) is 5.91 Å². The second-order valence-electron chi connectivity index (χ2n) is 7.91. The van der Waals surface area contributed by atoms with Gasteiger partial charge in [-0.15, -0.1) is 0 Å². The molecule has 0 atom stereocenters. The standard InChI is InChI=1S/C24H23ClN2O4/c1-24(2,3)17-8-5-15(6-9-17)22(28)27-26-14-18-10-12-21(31-18)16-7-11-20(25)19(13-16)23(29)30-4/h5-14H,1-4H3,(H,27,28)/b26-14-. The number of halogens is 1. The third-order valence-electron chi connectivity index (χ3n) is 4.65. The minimum absolute atomic E-state index is 0.0197. The quantitative estimate of drug-likeness (QED) is 0.326. The number of carbonyl (C=O) groups is 2. The van der Waals surface area contributed by atoms with Crippen LogP contribution in [0.5, 0.6) is 0 Å². The zero-order chi connectivity index (χ0) is 22.6. The Morgan fingerprint density at radius 3 is 2.42 bits per heavy atom. The van der Waals surface area contributed by atoms with Gasteiger partial charge in [-0.1, -0.05) is 44.5 Å². The topological polar surface area (TPSA) is 80.9 Å². The molecule has 0 bridgehead atoms. The van der Waals surface area contributed by atoms with Crippen LogP contribution in [0.2, 0.25) is 5.02 Å². The molecule has 0 fully saturated rings. The fourth-order valence-electron chi connectivity index (χ4n) is 2.86. The summed E-state index contributed by atoms with van der Waals surface area (Å²) in [6, 6.07) is 15.8. The molecule has 160 valence electrons. The van der Waals surface area contributed by atoms with E-state index in [1.54, 1.807) is 42.5 Å². The van der Waals surface area contributed by atoms with Crippen LogP contribution in [-0.2, 0) is 10.2 Å². The lowest BCUT2D eigenvalue weighted by molar-refractivity contribution is 0.0601. The van der Waals surface area contributed by atoms with Crippen LogP contribution < -0.4 is 5.43 Å². The highest BCUT2D eigenvalue weighted by Crippen LogP contribution is 2.27. The van der Waals surface area contributed by atoms with Crippen molar-refractivity contribution in [2.75, 3.05) is 7.11 Å². The molecule has 0 aliphatic heterocycles. The van der Waals surface area contributed by atoms with Gasteiger partial charge >= 0.3 is 5.97 Å². The van der Waals surface area contributed by atoms with Crippen molar-refractivity contribution in [2.45, 2.75) is 26.2 Å². The van der Waals surface area contributed by atoms with Crippen molar-refractivity contribution in [1.82, 2.24) is 5.43 Å². The van der Waals surface area contributed by atoms with Crippen LogP contribution in [0.3, 0.4) is 0 Å². The molecule has 0 radical (unpaired) electrons. The summed E-state index contributed by atoms with van der Waals surface area (Å²) in [7, 11) is 1.29. The summed E-state index contributed by atoms with van der Waals surface area (Å²) in [6.07, 6.45) is 1.40. The van der Waals surface area contributed by atoms with Crippen molar-refractivity contribution in [3.05, 3.63) is 82.1 Å². The average Bonchev–Trinajstić information content (AvgIpc) is 3.22. The number of benzene rings is 2. The average molecular weight is 439 g/mol. The molecule has 1 aromatic heterocycles. The van der Waals surface area contributed by atoms with Gasteiger partial charge in [0.05, 0.1) is 23.9 Å². The third-order valence-corrected chi connectivity index (χ3v) is 4.98. The maximum absolute atomic E-state index is 12.3. The van der Waals surface area contributed by atoms with Gasteiger partial charge in [0.1, 0.15) is 11.5 Å². The molecule has 1 amide bonds. The van der Waals surface area contributed by atoms with Gasteiger partial charge < -0.3 is 9.15 Å². The van der Waals surface area contributed by atoms with E-state index in [1.165, 1.54) is 13.3 Å². The lowest BCUT2D eigenvalue weighted by atomic mass is 9.87. The summed E-state index contributed by atoms with van der Waals surface area (Å²) in [4.78, 5) is 24.1. The van der Waals surface area contributed by atoms with Gasteiger partial charge in [-0.25, -0.2) is 10.2 Å². The van der Waals surface area contributed by atoms with Crippen LogP contribution in [0.4, 0.5) is 0 Å². The Labute approximate surface area is 185 Å². The SMILES string of the molecule is COC(=O)c1cc(-c2ccc(/C=N\NC(=O)c3ccc(C(C)(C)C)cc3)o2)ccc1Cl. The predicted molar refractivity (Wildman–Crippen MR) is 121 cm³/mol. The molecule has 0 spiro atoms. The first kappa shape index (κ1) is 22.3. The maximum Gasteiger partial charge on any atom is 0.339 e. The molecular formula is C24H23ClN2O4. The van der Waals surface area contributed by atoms with Gasteiger partial charge in [-0.05, 0) is 53.4 Å². The van der Waals surface area contributed by atoms with Crippen molar-refractivity contribution < 1.29 is 18.7 Å². The molecular weight excluding hydrogens is 416 g/mol. The maximum atomic E-state index is 12.3. The van der Waals surface area contributed by atoms with Gasteiger partial charge in [0.15, 0.2) is 0 Å². The van der Waals surface area contributed by atoms with Crippen LogP contribution in [0.1, 0.15) is 52.8 Å². The van der Waals surface area contributed by atoms with Crippen LogP contribution >= 0.6 is 11.6 Å². The molecule has 7 heteroatoms. The number of carbonyl (C=O) groups excluding carboxylic acids is 2. The van der Waals surface area contributed by atoms with Crippen LogP contribution in [0, 0.1) is 0 Å². The van der Waals surface area contributed by atoms with E-state index in [-0.39, 0.29) is 16.9 Å². The highest BCUT2D eigenvalue weighted by molar-refractivity contribution is 6.33. The summed E-state index contributed by atoms with van der Waals surface area (Å²) >= 11 is 6.05. The van der Waals surface area contributed by atoms with E-state index < -0.39 is 5.97 Å². The smallest absolute Gasteiger partial charge is 0.339 e. The van der Waals surface area contributed by atoms with Crippen LogP contribution in [0.15, 0.2) is 64.1 Å². The Balaban J connectivity index is 1.67. The first-order valence-electron chi connectivity index (χ1n) is 9.61. The van der Waals surface area contributed by atoms with E-state index in [9.17, 15) is 9.59 Å². The van der Waals surface area contributed by atoms with Crippen molar-refractivity contribution >= 4 is 29.7 Å². The second-order valence-corrected chi connectivity index (χ2v) is 8.32. The molecule has 1 heterocycles. The number of hydrogen-bond donors (Lipinski definition) is 1. The van der Waals surface area contributed by atoms with E-state index in [0.29, 0.717) is 27.7 Å². The second kappa shape index (κ2) is 9.18. The monoisotopic (exact) mass is 438 g/mol. The highest BCUT2D eigenvalue weighted by Gasteiger charge is 2.15. The van der Waals surface area contributed by atoms with Crippen molar-refractivity contribution in [2.24, 2.45) is 5.10 Å². The molecule has 31 heavy (non-hydrogen) atoms. The molecule has 0 saturated carbocycles. The number of nitrogens with zero attached hydrogens (tertiary/aromatic N) is 1. The molecule has 6 nitrogen and oxygen atoms in total. The van der Waals surface area contributed by atoms with Crippen molar-refractivity contribution in [3.8, 4) is 11.3 Å². The highest BCUT2D eigenvalue weighted by atomic mass is 35.5. The zero-order valence-corrected chi connectivity index (χ0v) is 18.5. The van der Waals surface area contributed by atoms with Crippen LogP contribution in [0.25, 0.3) is 11.3 Å². The Morgan fingerprint density at radius 1 is 1.06 bits per heavy atom. The lowest BCUT2D eigenvalue weighted by Crippen LogP contribution is -2.18. The van der Waals surface area contributed by atoms with E-state index in [1.807, 2.05) is 12.1 Å². The number of furan rings is 1. The first-order chi connectivity index (χ1) is 14.7. The van der Waals surface area contributed by atoms with E-state index in [2.05, 4.69) is 31.3 Å². The molecule has 0 unspecified atom stereocenters. The number of hydrazone groups is 1. The fourth-order valence-corrected chi connectivity index (χ4v) is 3.06. The minimum atomic E-state index is -0.529. The number of hydrogen-bond acceptors (Lipinski definition) is 5. The van der Waals surface area contributed by atoms with Gasteiger partial charge in [0.2, 0.25) is 0 Å². The molecule has 2 aromatic carbocycles. The number of rotatable bonds is 5. The largest absolute Gasteiger partial charge is 0.465 e. The molecule has 3 aromatic rings. The Hall–Kier alpha value is -3.38. The summed E-state index contributed by atoms with van der Waals surface area (Å²) in [5.41, 5.74) is 5.08.